The molecule has 0 aliphatic carbocycles. The summed E-state index contributed by atoms with van der Waals surface area (Å²) < 4.78 is -1.32. The van der Waals surface area contributed by atoms with Crippen molar-refractivity contribution in [2.45, 2.75) is 21.6 Å². The summed E-state index contributed by atoms with van der Waals surface area (Å²) in [5.41, 5.74) is 19.3. The number of nitrogens with two attached hydrogens (primary N) is 2. The molecule has 6 aromatic carbocycles. The average Bonchev–Trinajstić information content (AvgIpc) is 3.21. The van der Waals surface area contributed by atoms with Crippen LogP contribution in [0.4, 0.5) is 0 Å². The average molecular weight is 722 g/mol. The minimum absolute atomic E-state index is 0.248. The standard InChI is InChI=1S/C45H43N3O2S2/c1-48(41(42(47)49)33-52-45(37-26-14-5-15-27-37,38-28-16-6-17-29-38)39-30-18-7-19-31-39)43(50)40(46)32-51-44(34-20-8-2-9-21-34,35-22-10-3-11-23-35)36-24-12-4-13-25-36/h2-31,40-41H,32-33,46H2,1H3,(H2,47,49)/t40-,41-/m0/s1. The molecular formula is C45H43N3O2S2. The van der Waals surface area contributed by atoms with E-state index in [1.54, 1.807) is 30.6 Å². The van der Waals surface area contributed by atoms with Gasteiger partial charge in [-0.3, -0.25) is 9.59 Å². The van der Waals surface area contributed by atoms with Gasteiger partial charge in [-0.25, -0.2) is 0 Å². The largest absolute Gasteiger partial charge is 0.368 e. The lowest BCUT2D eigenvalue weighted by atomic mass is 9.84. The third-order valence-electron chi connectivity index (χ3n) is 9.48. The summed E-state index contributed by atoms with van der Waals surface area (Å²) in [7, 11) is 1.64. The van der Waals surface area contributed by atoms with Crippen molar-refractivity contribution in [3.63, 3.8) is 0 Å². The lowest BCUT2D eigenvalue weighted by molar-refractivity contribution is -0.137. The van der Waals surface area contributed by atoms with E-state index in [1.807, 2.05) is 109 Å². The monoisotopic (exact) mass is 721 g/mol. The molecule has 0 heterocycles. The molecule has 52 heavy (non-hydrogen) atoms. The Labute approximate surface area is 315 Å². The number of primary amides is 1. The summed E-state index contributed by atoms with van der Waals surface area (Å²) in [6.45, 7) is 0. The molecule has 0 aromatic heterocycles. The molecule has 2 amide bonds. The zero-order valence-electron chi connectivity index (χ0n) is 29.1. The summed E-state index contributed by atoms with van der Waals surface area (Å²) >= 11 is 3.21. The molecule has 0 unspecified atom stereocenters. The second-order valence-electron chi connectivity index (χ2n) is 12.7. The van der Waals surface area contributed by atoms with Crippen LogP contribution in [0, 0.1) is 0 Å². The van der Waals surface area contributed by atoms with E-state index in [4.69, 9.17) is 11.5 Å². The quantitative estimate of drug-likeness (QED) is 0.105. The van der Waals surface area contributed by atoms with Gasteiger partial charge in [0.25, 0.3) is 0 Å². The fourth-order valence-corrected chi connectivity index (χ4v) is 10.0. The van der Waals surface area contributed by atoms with E-state index < -0.39 is 27.5 Å². The van der Waals surface area contributed by atoms with Crippen LogP contribution in [0.3, 0.4) is 0 Å². The maximum absolute atomic E-state index is 14.2. The van der Waals surface area contributed by atoms with Gasteiger partial charge < -0.3 is 16.4 Å². The van der Waals surface area contributed by atoms with Crippen LogP contribution < -0.4 is 11.5 Å². The molecule has 0 saturated carbocycles. The van der Waals surface area contributed by atoms with Crippen molar-refractivity contribution >= 4 is 35.3 Å². The lowest BCUT2D eigenvalue weighted by Gasteiger charge is -2.38. The van der Waals surface area contributed by atoms with Gasteiger partial charge in [0.1, 0.15) is 6.04 Å². The summed E-state index contributed by atoms with van der Waals surface area (Å²) in [5.74, 6) is -0.385. The first-order chi connectivity index (χ1) is 25.4. The zero-order chi connectivity index (χ0) is 36.4. The van der Waals surface area contributed by atoms with Gasteiger partial charge in [-0.05, 0) is 33.4 Å². The van der Waals surface area contributed by atoms with Crippen molar-refractivity contribution in [2.24, 2.45) is 11.5 Å². The van der Waals surface area contributed by atoms with Gasteiger partial charge in [0.05, 0.1) is 15.5 Å². The van der Waals surface area contributed by atoms with Gasteiger partial charge in [0.2, 0.25) is 11.8 Å². The molecule has 0 spiro atoms. The molecule has 4 N–H and O–H groups in total. The van der Waals surface area contributed by atoms with E-state index in [0.717, 1.165) is 33.4 Å². The summed E-state index contributed by atoms with van der Waals surface area (Å²) in [4.78, 5) is 28.9. The highest BCUT2D eigenvalue weighted by Crippen LogP contribution is 2.50. The highest BCUT2D eigenvalue weighted by Gasteiger charge is 2.41. The van der Waals surface area contributed by atoms with E-state index in [-0.39, 0.29) is 11.7 Å². The van der Waals surface area contributed by atoms with E-state index in [2.05, 4.69) is 72.8 Å². The fourth-order valence-electron chi connectivity index (χ4n) is 6.83. The Morgan fingerprint density at radius 2 is 0.750 bits per heavy atom. The number of hydrogen-bond donors (Lipinski definition) is 2. The molecule has 0 fully saturated rings. The van der Waals surface area contributed by atoms with Crippen LogP contribution in [0.2, 0.25) is 0 Å². The van der Waals surface area contributed by atoms with Crippen LogP contribution in [-0.4, -0.2) is 47.4 Å². The van der Waals surface area contributed by atoms with Crippen LogP contribution in [-0.2, 0) is 19.1 Å². The van der Waals surface area contributed by atoms with E-state index >= 15 is 0 Å². The van der Waals surface area contributed by atoms with Gasteiger partial charge in [-0.2, -0.15) is 0 Å². The first kappa shape index (κ1) is 36.7. The third-order valence-corrected chi connectivity index (χ3v) is 12.8. The van der Waals surface area contributed by atoms with Crippen LogP contribution >= 0.6 is 23.5 Å². The third kappa shape index (κ3) is 7.58. The highest BCUT2D eigenvalue weighted by molar-refractivity contribution is 8.01. The van der Waals surface area contributed by atoms with Gasteiger partial charge >= 0.3 is 0 Å². The Kier molecular flexibility index (Phi) is 12.0. The Morgan fingerprint density at radius 3 is 1.00 bits per heavy atom. The second-order valence-corrected chi connectivity index (χ2v) is 15.1. The smallest absolute Gasteiger partial charge is 0.241 e. The molecule has 5 nitrogen and oxygen atoms in total. The van der Waals surface area contributed by atoms with Crippen LogP contribution in [0.25, 0.3) is 0 Å². The zero-order valence-corrected chi connectivity index (χ0v) is 30.8. The lowest BCUT2D eigenvalue weighted by Crippen LogP contribution is -2.53. The van der Waals surface area contributed by atoms with E-state index in [1.165, 1.54) is 4.90 Å². The normalized spacial score (nSPS) is 12.8. The van der Waals surface area contributed by atoms with Crippen molar-refractivity contribution < 1.29 is 9.59 Å². The number of carbonyl (C=O) groups is 2. The second kappa shape index (κ2) is 17.0. The number of benzene rings is 6. The number of thioether (sulfide) groups is 2. The number of nitrogens with zero attached hydrogens (tertiary/aromatic N) is 1. The Bertz CT molecular complexity index is 1820. The molecule has 6 rings (SSSR count). The van der Waals surface area contributed by atoms with Crippen LogP contribution in [0.1, 0.15) is 33.4 Å². The van der Waals surface area contributed by atoms with Crippen molar-refractivity contribution in [3.05, 3.63) is 215 Å². The number of rotatable bonds is 15. The summed E-state index contributed by atoms with van der Waals surface area (Å²) in [6, 6.07) is 59.8. The van der Waals surface area contributed by atoms with Gasteiger partial charge in [-0.1, -0.05) is 182 Å². The van der Waals surface area contributed by atoms with Gasteiger partial charge in [0, 0.05) is 18.6 Å². The molecule has 0 radical (unpaired) electrons. The van der Waals surface area contributed by atoms with Crippen molar-refractivity contribution in [1.82, 2.24) is 4.90 Å². The Morgan fingerprint density at radius 1 is 0.500 bits per heavy atom. The molecule has 6 aromatic rings. The number of carbonyl (C=O) groups excluding carboxylic acids is 2. The molecule has 0 bridgehead atoms. The van der Waals surface area contributed by atoms with Crippen molar-refractivity contribution in [3.8, 4) is 0 Å². The molecule has 0 aliphatic rings. The van der Waals surface area contributed by atoms with E-state index in [0.29, 0.717) is 5.75 Å². The number of amides is 2. The summed E-state index contributed by atoms with van der Waals surface area (Å²) in [6.07, 6.45) is 0. The molecule has 7 heteroatoms. The van der Waals surface area contributed by atoms with Gasteiger partial charge in [-0.15, -0.1) is 23.5 Å². The predicted molar refractivity (Wildman–Crippen MR) is 217 cm³/mol. The fraction of sp³-hybridized carbons (Fsp3) is 0.156. The molecule has 0 saturated heterocycles. The molecular weight excluding hydrogens is 679 g/mol. The highest BCUT2D eigenvalue weighted by atomic mass is 32.2. The van der Waals surface area contributed by atoms with Gasteiger partial charge in [0.15, 0.2) is 0 Å². The minimum atomic E-state index is -0.911. The first-order valence-corrected chi connectivity index (χ1v) is 19.3. The van der Waals surface area contributed by atoms with E-state index in [9.17, 15) is 9.59 Å². The Balaban J connectivity index is 1.30. The summed E-state index contributed by atoms with van der Waals surface area (Å²) in [5, 5.41) is 0. The SMILES string of the molecule is CN(C(=O)[C@@H](N)CSC(c1ccccc1)(c1ccccc1)c1ccccc1)[C@@H](CSC(c1ccccc1)(c1ccccc1)c1ccccc1)C(N)=O. The molecule has 2 atom stereocenters. The maximum atomic E-state index is 14.2. The topological polar surface area (TPSA) is 89.4 Å². The van der Waals surface area contributed by atoms with Crippen molar-refractivity contribution in [2.75, 3.05) is 18.6 Å². The van der Waals surface area contributed by atoms with Crippen LogP contribution in [0.5, 0.6) is 0 Å². The maximum Gasteiger partial charge on any atom is 0.241 e. The molecule has 0 aliphatic heterocycles. The number of likely N-dealkylation sites (N-methyl/N-ethyl adjacent to an activating group) is 1. The van der Waals surface area contributed by atoms with Crippen LogP contribution in [0.15, 0.2) is 182 Å². The first-order valence-electron chi connectivity index (χ1n) is 17.3. The predicted octanol–water partition coefficient (Wildman–Crippen LogP) is 8.08. The van der Waals surface area contributed by atoms with Crippen molar-refractivity contribution in [1.29, 1.82) is 0 Å². The Hall–Kier alpha value is -5.08. The minimum Gasteiger partial charge on any atom is -0.368 e. The number of hydrogen-bond acceptors (Lipinski definition) is 5. The molecule has 262 valence electrons.